The minimum absolute atomic E-state index is 0.0663. The van der Waals surface area contributed by atoms with Crippen molar-refractivity contribution in [1.29, 1.82) is 0 Å². The van der Waals surface area contributed by atoms with Crippen LogP contribution in [0, 0.1) is 29.1 Å². The van der Waals surface area contributed by atoms with E-state index in [2.05, 4.69) is 15.0 Å². The molecule has 2 aromatic rings. The van der Waals surface area contributed by atoms with Crippen molar-refractivity contribution in [3.63, 3.8) is 0 Å². The second kappa shape index (κ2) is 24.4. The zero-order chi connectivity index (χ0) is 37.7. The lowest BCUT2D eigenvalue weighted by molar-refractivity contribution is -0.256. The first-order chi connectivity index (χ1) is 25.1. The number of hydrogen-bond donors (Lipinski definition) is 3. The summed E-state index contributed by atoms with van der Waals surface area (Å²) in [6, 6.07) is 0. The van der Waals surface area contributed by atoms with E-state index >= 15 is 0 Å². The number of esters is 1. The molecule has 4 atom stereocenters. The molecule has 0 radical (unpaired) electrons. The molecule has 1 aromatic carbocycles. The number of hydrogen-bond acceptors (Lipinski definition) is 15. The van der Waals surface area contributed by atoms with E-state index in [4.69, 9.17) is 37.9 Å². The zero-order valence-corrected chi connectivity index (χ0v) is 28.3. The van der Waals surface area contributed by atoms with Crippen molar-refractivity contribution in [1.82, 2.24) is 15.0 Å². The highest BCUT2D eigenvalue weighted by Crippen LogP contribution is 2.29. The van der Waals surface area contributed by atoms with Crippen LogP contribution in [0.1, 0.15) is 18.5 Å². The number of carbonyl (C=O) groups is 1. The molecule has 2 heterocycles. The summed E-state index contributed by atoms with van der Waals surface area (Å²) in [7, 11) is 0. The fourth-order valence-electron chi connectivity index (χ4n) is 4.39. The molecule has 1 aliphatic heterocycles. The van der Waals surface area contributed by atoms with Crippen molar-refractivity contribution in [3.8, 4) is 5.75 Å². The van der Waals surface area contributed by atoms with Crippen LogP contribution in [-0.2, 0) is 55.7 Å². The van der Waals surface area contributed by atoms with Crippen LogP contribution in [0.15, 0.2) is 6.20 Å². The van der Waals surface area contributed by atoms with Crippen molar-refractivity contribution in [3.05, 3.63) is 41.0 Å². The van der Waals surface area contributed by atoms with E-state index in [0.29, 0.717) is 64.9 Å². The average molecular weight is 762 g/mol. The van der Waals surface area contributed by atoms with Gasteiger partial charge in [0.25, 0.3) is 0 Å². The van der Waals surface area contributed by atoms with Crippen LogP contribution in [0.4, 0.5) is 22.0 Å². The number of aliphatic hydroxyl groups is 3. The molecule has 3 rings (SSSR count). The number of aromatic nitrogens is 3. The van der Waals surface area contributed by atoms with Crippen molar-refractivity contribution in [2.75, 3.05) is 92.5 Å². The second-order valence-electron chi connectivity index (χ2n) is 11.0. The van der Waals surface area contributed by atoms with E-state index in [1.807, 2.05) is 0 Å². The molecule has 52 heavy (non-hydrogen) atoms. The summed E-state index contributed by atoms with van der Waals surface area (Å²) in [4.78, 5) is 11.7. The Morgan fingerprint density at radius 3 is 1.79 bits per heavy atom. The van der Waals surface area contributed by atoms with Gasteiger partial charge in [0.2, 0.25) is 34.8 Å². The lowest BCUT2D eigenvalue weighted by atomic mass is 10.0. The summed E-state index contributed by atoms with van der Waals surface area (Å²) in [5.74, 6) is -14.2. The highest BCUT2D eigenvalue weighted by atomic mass is 19.2. The van der Waals surface area contributed by atoms with Gasteiger partial charge >= 0.3 is 5.97 Å². The Morgan fingerprint density at radius 2 is 1.25 bits per heavy atom. The predicted octanol–water partition coefficient (Wildman–Crippen LogP) is 0.457. The maximum absolute atomic E-state index is 13.5. The molecule has 1 saturated heterocycles. The number of carbonyl (C=O) groups excluding carboxylic acids is 1. The molecular formula is C31H44F5N3O13. The molecule has 21 heteroatoms. The van der Waals surface area contributed by atoms with Crippen LogP contribution in [0.5, 0.6) is 5.75 Å². The van der Waals surface area contributed by atoms with E-state index in [1.54, 1.807) is 10.9 Å². The van der Waals surface area contributed by atoms with E-state index in [0.717, 1.165) is 0 Å². The summed E-state index contributed by atoms with van der Waals surface area (Å²) in [5, 5.41) is 37.0. The third-order valence-electron chi connectivity index (χ3n) is 7.12. The Bertz CT molecular complexity index is 1300. The van der Waals surface area contributed by atoms with Crippen LogP contribution in [-0.4, -0.2) is 153 Å². The quantitative estimate of drug-likeness (QED) is 0.0284. The second-order valence-corrected chi connectivity index (χ2v) is 11.0. The molecule has 1 aliphatic rings. The van der Waals surface area contributed by atoms with Gasteiger partial charge in [0.05, 0.1) is 117 Å². The van der Waals surface area contributed by atoms with Gasteiger partial charge in [-0.3, -0.25) is 4.79 Å². The highest BCUT2D eigenvalue weighted by Gasteiger charge is 2.36. The van der Waals surface area contributed by atoms with Crippen molar-refractivity contribution < 1.29 is 84.7 Å². The van der Waals surface area contributed by atoms with Gasteiger partial charge in [-0.1, -0.05) is 5.21 Å². The van der Waals surface area contributed by atoms with Crippen molar-refractivity contribution >= 4 is 5.97 Å². The summed E-state index contributed by atoms with van der Waals surface area (Å²) in [5.41, 5.74) is 0.701. The zero-order valence-electron chi connectivity index (χ0n) is 28.3. The summed E-state index contributed by atoms with van der Waals surface area (Å²) in [6.45, 7) is 3.46. The fraction of sp³-hybridized carbons (Fsp3) is 0.710. The van der Waals surface area contributed by atoms with E-state index in [9.17, 15) is 42.1 Å². The molecule has 0 bridgehead atoms. The van der Waals surface area contributed by atoms with E-state index in [1.165, 1.54) is 0 Å². The van der Waals surface area contributed by atoms with Gasteiger partial charge in [0, 0.05) is 19.0 Å². The predicted molar refractivity (Wildman–Crippen MR) is 163 cm³/mol. The largest absolute Gasteiger partial charge is 0.420 e. The van der Waals surface area contributed by atoms with Crippen LogP contribution in [0.3, 0.4) is 0 Å². The third kappa shape index (κ3) is 15.2. The van der Waals surface area contributed by atoms with Gasteiger partial charge in [0.1, 0.15) is 12.2 Å². The summed E-state index contributed by atoms with van der Waals surface area (Å²) in [6.07, 6.45) is -1.99. The van der Waals surface area contributed by atoms with Crippen LogP contribution >= 0.6 is 0 Å². The first-order valence-electron chi connectivity index (χ1n) is 16.4. The van der Waals surface area contributed by atoms with Gasteiger partial charge in [0.15, 0.2) is 6.29 Å². The Morgan fingerprint density at radius 1 is 0.750 bits per heavy atom. The smallest absolute Gasteiger partial charge is 0.313 e. The molecule has 0 saturated carbocycles. The van der Waals surface area contributed by atoms with Crippen LogP contribution < -0.4 is 4.74 Å². The van der Waals surface area contributed by atoms with Crippen molar-refractivity contribution in [2.24, 2.45) is 0 Å². The van der Waals surface area contributed by atoms with E-state index < -0.39 is 78.4 Å². The van der Waals surface area contributed by atoms with Crippen LogP contribution in [0.25, 0.3) is 0 Å². The minimum atomic E-state index is -2.36. The molecule has 1 aromatic heterocycles. The maximum atomic E-state index is 13.5. The SMILES string of the molecule is O=C(CCOCCOCCOCCOCCOCCOCCn1cc(CCO[C@H]2C[C@@H](O)[C@@H](O)[C@@H](CO)O2)nn1)Oc1c(F)c(F)c(F)c(F)c1F. The number of aliphatic hydroxyl groups excluding tert-OH is 3. The van der Waals surface area contributed by atoms with Gasteiger partial charge < -0.3 is 58.0 Å². The normalized spacial score (nSPS) is 19.0. The molecule has 16 nitrogen and oxygen atoms in total. The Balaban J connectivity index is 1.04. The maximum Gasteiger partial charge on any atom is 0.313 e. The number of nitrogens with zero attached hydrogens (tertiary/aromatic N) is 3. The van der Waals surface area contributed by atoms with Gasteiger partial charge in [-0.15, -0.1) is 5.10 Å². The summed E-state index contributed by atoms with van der Waals surface area (Å²) >= 11 is 0. The standard InChI is InChI=1S/C31H44F5N3O13/c32-25-26(33)28(35)31(29(36)27(25)34)52-23(42)2-4-44-7-9-46-11-13-48-15-16-49-14-12-47-10-8-45-6-3-39-18-20(37-38-39)1-5-50-24-17-21(41)30(43)22(19-40)51-24/h18,21-22,24,30,40-41,43H,1-17,19H2/t21-,22-,24-,30-/m1/s1. The summed E-state index contributed by atoms with van der Waals surface area (Å²) < 4.78 is 116. The number of ether oxygens (including phenoxy) is 9. The molecule has 3 N–H and O–H groups in total. The topological polar surface area (TPSA) is 192 Å². The first kappa shape index (κ1) is 43.4. The molecular weight excluding hydrogens is 717 g/mol. The molecule has 0 unspecified atom stereocenters. The minimum Gasteiger partial charge on any atom is -0.420 e. The first-order valence-corrected chi connectivity index (χ1v) is 16.4. The van der Waals surface area contributed by atoms with Gasteiger partial charge in [-0.05, 0) is 0 Å². The average Bonchev–Trinajstić information content (AvgIpc) is 3.59. The Hall–Kier alpha value is -2.96. The molecule has 1 fully saturated rings. The van der Waals surface area contributed by atoms with Crippen LogP contribution in [0.2, 0.25) is 0 Å². The lowest BCUT2D eigenvalue weighted by Crippen LogP contribution is -2.50. The van der Waals surface area contributed by atoms with Crippen molar-refractivity contribution in [2.45, 2.75) is 50.4 Å². The highest BCUT2D eigenvalue weighted by molar-refractivity contribution is 5.72. The lowest BCUT2D eigenvalue weighted by Gasteiger charge is -2.35. The molecule has 0 spiro atoms. The third-order valence-corrected chi connectivity index (χ3v) is 7.12. The number of rotatable bonds is 27. The van der Waals surface area contributed by atoms with E-state index in [-0.39, 0.29) is 46.1 Å². The molecule has 296 valence electrons. The molecule has 0 amide bonds. The Labute approximate surface area is 295 Å². The Kier molecular flexibility index (Phi) is 20.4. The molecule has 0 aliphatic carbocycles. The van der Waals surface area contributed by atoms with Gasteiger partial charge in [-0.25, -0.2) is 17.9 Å². The monoisotopic (exact) mass is 761 g/mol. The number of benzene rings is 1. The fourth-order valence-corrected chi connectivity index (χ4v) is 4.39. The van der Waals surface area contributed by atoms with Gasteiger partial charge in [-0.2, -0.15) is 8.78 Å². The number of halogens is 5.